The van der Waals surface area contributed by atoms with Crippen molar-refractivity contribution in [3.63, 3.8) is 0 Å². The maximum absolute atomic E-state index is 15.2. The maximum Gasteiger partial charge on any atom is 0.259 e. The number of nitrogens with zero attached hydrogens (tertiary/aromatic N) is 2. The second-order valence-corrected chi connectivity index (χ2v) is 9.87. The molecule has 1 aliphatic carbocycles. The van der Waals surface area contributed by atoms with Gasteiger partial charge in [0, 0.05) is 28.9 Å². The first-order valence-corrected chi connectivity index (χ1v) is 11.2. The number of hydrogen-bond acceptors (Lipinski definition) is 4. The molecule has 1 fully saturated rings. The number of aliphatic imine (C=N–C) groups is 1. The number of hydrogen-bond donors (Lipinski definition) is 3. The molecule has 1 aromatic heterocycles. The standard InChI is InChI=1S/C22H27ClF3N4OP/c1-11-19(20(23)30-29-11)14-9-16(24)15(8-12(14)6-7-22(25,26)32)17(27)10-18(21(2,3)31)28-13-4-5-13/h8-10,13,31H,4-7,27,32H2,1-3H3,(H,29,30)/b17-10-,28-18?. The quantitative estimate of drug-likeness (QED) is 0.352. The van der Waals surface area contributed by atoms with Crippen LogP contribution in [-0.4, -0.2) is 38.3 Å². The van der Waals surface area contributed by atoms with Crippen LogP contribution in [0, 0.1) is 12.7 Å². The Bertz CT molecular complexity index is 1050. The van der Waals surface area contributed by atoms with Crippen LogP contribution in [0.5, 0.6) is 0 Å². The molecular formula is C22H27ClF3N4OP. The van der Waals surface area contributed by atoms with Crippen LogP contribution in [0.3, 0.4) is 0 Å². The third kappa shape index (κ3) is 6.12. The van der Waals surface area contributed by atoms with Crippen LogP contribution in [0.1, 0.15) is 49.9 Å². The Morgan fingerprint density at radius 2 is 2.06 bits per heavy atom. The van der Waals surface area contributed by atoms with E-state index in [2.05, 4.69) is 15.2 Å². The number of aryl methyl sites for hydroxylation is 2. The lowest BCUT2D eigenvalue weighted by Gasteiger charge is -2.19. The minimum absolute atomic E-state index is 0.0398. The molecule has 3 rings (SSSR count). The first-order chi connectivity index (χ1) is 14.8. The second-order valence-electron chi connectivity index (χ2n) is 8.67. The number of nitrogens with two attached hydrogens (primary N) is 1. The van der Waals surface area contributed by atoms with Crippen LogP contribution < -0.4 is 5.73 Å². The van der Waals surface area contributed by atoms with Crippen LogP contribution in [0.4, 0.5) is 13.2 Å². The average molecular weight is 487 g/mol. The van der Waals surface area contributed by atoms with Crippen LogP contribution in [0.2, 0.25) is 5.15 Å². The van der Waals surface area contributed by atoms with Gasteiger partial charge in [0.15, 0.2) is 5.15 Å². The molecule has 0 spiro atoms. The first kappa shape index (κ1) is 24.7. The Morgan fingerprint density at radius 1 is 1.41 bits per heavy atom. The lowest BCUT2D eigenvalue weighted by molar-refractivity contribution is 0.0948. The summed E-state index contributed by atoms with van der Waals surface area (Å²) in [6.07, 6.45) is 2.79. The van der Waals surface area contributed by atoms with Gasteiger partial charge in [-0.15, -0.1) is 0 Å². The molecule has 1 saturated carbocycles. The van der Waals surface area contributed by atoms with Gasteiger partial charge in [0.25, 0.3) is 5.66 Å². The van der Waals surface area contributed by atoms with Gasteiger partial charge in [-0.1, -0.05) is 20.8 Å². The van der Waals surface area contributed by atoms with Crippen molar-refractivity contribution < 1.29 is 18.3 Å². The Balaban J connectivity index is 2.10. The molecule has 0 saturated heterocycles. The van der Waals surface area contributed by atoms with Gasteiger partial charge in [0.1, 0.15) is 11.4 Å². The van der Waals surface area contributed by atoms with Gasteiger partial charge in [-0.2, -0.15) is 5.10 Å². The third-order valence-electron chi connectivity index (χ3n) is 5.19. The van der Waals surface area contributed by atoms with Crippen LogP contribution in [0.15, 0.2) is 23.2 Å². The van der Waals surface area contributed by atoms with Crippen molar-refractivity contribution in [2.24, 2.45) is 10.7 Å². The SMILES string of the molecule is Cc1[nH]nc(Cl)c1-c1cc(F)c(/C(N)=C/C(=NC2CC2)C(C)(C)O)cc1CCC(F)(F)P. The van der Waals surface area contributed by atoms with Gasteiger partial charge in [-0.05, 0) is 69.4 Å². The fourth-order valence-electron chi connectivity index (χ4n) is 3.29. The van der Waals surface area contributed by atoms with E-state index in [1.807, 2.05) is 0 Å². The van der Waals surface area contributed by atoms with Crippen LogP contribution >= 0.6 is 20.8 Å². The van der Waals surface area contributed by atoms with Crippen LogP contribution in [-0.2, 0) is 6.42 Å². The van der Waals surface area contributed by atoms with E-state index in [-0.39, 0.29) is 28.9 Å². The highest BCUT2D eigenvalue weighted by molar-refractivity contribution is 7.18. The van der Waals surface area contributed by atoms with Gasteiger partial charge in [-0.25, -0.2) is 13.2 Å². The number of alkyl halides is 2. The van der Waals surface area contributed by atoms with Gasteiger partial charge in [-0.3, -0.25) is 10.1 Å². The van der Waals surface area contributed by atoms with Crippen molar-refractivity contribution >= 4 is 32.2 Å². The number of aromatic amines is 1. The van der Waals surface area contributed by atoms with E-state index in [1.54, 1.807) is 20.8 Å². The summed E-state index contributed by atoms with van der Waals surface area (Å²) in [7, 11) is 1.51. The van der Waals surface area contributed by atoms with E-state index in [0.717, 1.165) is 12.8 Å². The summed E-state index contributed by atoms with van der Waals surface area (Å²) in [6, 6.07) is 2.81. The molecule has 1 aliphatic rings. The second kappa shape index (κ2) is 9.16. The van der Waals surface area contributed by atoms with Crippen molar-refractivity contribution in [3.05, 3.63) is 46.0 Å². The molecule has 1 heterocycles. The highest BCUT2D eigenvalue weighted by Crippen LogP contribution is 2.37. The highest BCUT2D eigenvalue weighted by atomic mass is 35.5. The summed E-state index contributed by atoms with van der Waals surface area (Å²) in [5, 5.41) is 17.2. The van der Waals surface area contributed by atoms with E-state index in [4.69, 9.17) is 17.3 Å². The molecule has 32 heavy (non-hydrogen) atoms. The van der Waals surface area contributed by atoms with Crippen molar-refractivity contribution in [2.45, 2.75) is 63.8 Å². The summed E-state index contributed by atoms with van der Waals surface area (Å²) in [5.74, 6) is -0.645. The van der Waals surface area contributed by atoms with Gasteiger partial charge in [0.05, 0.1) is 11.8 Å². The monoisotopic (exact) mass is 486 g/mol. The number of aliphatic hydroxyl groups is 1. The molecule has 4 N–H and O–H groups in total. The Kier molecular flexibility index (Phi) is 7.08. The lowest BCUT2D eigenvalue weighted by atomic mass is 9.92. The summed E-state index contributed by atoms with van der Waals surface area (Å²) >= 11 is 6.17. The molecular weight excluding hydrogens is 460 g/mol. The summed E-state index contributed by atoms with van der Waals surface area (Å²) in [5.41, 5.74) is 4.25. The van der Waals surface area contributed by atoms with Crippen molar-refractivity contribution in [3.8, 4) is 11.1 Å². The summed E-state index contributed by atoms with van der Waals surface area (Å²) < 4.78 is 42.3. The van der Waals surface area contributed by atoms with Crippen molar-refractivity contribution in [1.82, 2.24) is 10.2 Å². The van der Waals surface area contributed by atoms with E-state index in [0.29, 0.717) is 28.1 Å². The Labute approximate surface area is 192 Å². The van der Waals surface area contributed by atoms with E-state index < -0.39 is 23.5 Å². The molecule has 0 bridgehead atoms. The molecule has 2 aromatic rings. The predicted molar refractivity (Wildman–Crippen MR) is 126 cm³/mol. The van der Waals surface area contributed by atoms with E-state index in [9.17, 15) is 13.9 Å². The molecule has 0 amide bonds. The van der Waals surface area contributed by atoms with Crippen molar-refractivity contribution in [2.75, 3.05) is 0 Å². The topological polar surface area (TPSA) is 87.3 Å². The minimum atomic E-state index is -2.98. The fourth-order valence-corrected chi connectivity index (χ4v) is 3.72. The predicted octanol–water partition coefficient (Wildman–Crippen LogP) is 5.25. The normalized spacial score (nSPS) is 16.0. The summed E-state index contributed by atoms with van der Waals surface area (Å²) in [4.78, 5) is 4.48. The zero-order valence-corrected chi connectivity index (χ0v) is 20.1. The molecule has 10 heteroatoms. The zero-order chi connectivity index (χ0) is 23.8. The smallest absolute Gasteiger partial charge is 0.259 e. The number of benzene rings is 1. The molecule has 1 atom stereocenters. The molecule has 174 valence electrons. The summed E-state index contributed by atoms with van der Waals surface area (Å²) in [6.45, 7) is 4.87. The number of halogens is 4. The molecule has 1 unspecified atom stereocenters. The zero-order valence-electron chi connectivity index (χ0n) is 18.1. The maximum atomic E-state index is 15.2. The first-order valence-electron chi connectivity index (χ1n) is 10.2. The van der Waals surface area contributed by atoms with Gasteiger partial charge < -0.3 is 10.8 Å². The number of aromatic nitrogens is 2. The van der Waals surface area contributed by atoms with Crippen molar-refractivity contribution in [1.29, 1.82) is 0 Å². The Morgan fingerprint density at radius 3 is 2.56 bits per heavy atom. The van der Waals surface area contributed by atoms with Gasteiger partial charge in [0.2, 0.25) is 0 Å². The Hall–Kier alpha value is -1.89. The molecule has 5 nitrogen and oxygen atoms in total. The lowest BCUT2D eigenvalue weighted by Crippen LogP contribution is -2.31. The molecule has 1 aromatic carbocycles. The van der Waals surface area contributed by atoms with E-state index in [1.165, 1.54) is 27.4 Å². The number of H-pyrrole nitrogens is 1. The largest absolute Gasteiger partial charge is 0.398 e. The minimum Gasteiger partial charge on any atom is -0.398 e. The number of rotatable bonds is 8. The third-order valence-corrected chi connectivity index (χ3v) is 5.75. The molecule has 0 aliphatic heterocycles. The fraction of sp³-hybridized carbons (Fsp3) is 0.455. The highest BCUT2D eigenvalue weighted by Gasteiger charge is 2.27. The average Bonchev–Trinajstić information content (AvgIpc) is 3.41. The molecule has 0 radical (unpaired) electrons. The van der Waals surface area contributed by atoms with Crippen LogP contribution in [0.25, 0.3) is 16.8 Å². The van der Waals surface area contributed by atoms with E-state index >= 15 is 4.39 Å². The number of nitrogens with one attached hydrogen (secondary N) is 1. The van der Waals surface area contributed by atoms with Gasteiger partial charge >= 0.3 is 0 Å².